The molecule has 0 aliphatic heterocycles. The van der Waals surface area contributed by atoms with Crippen LogP contribution in [0.5, 0.6) is 0 Å². The van der Waals surface area contributed by atoms with Gasteiger partial charge in [0, 0.05) is 12.5 Å². The Morgan fingerprint density at radius 3 is 2.29 bits per heavy atom. The van der Waals surface area contributed by atoms with Crippen molar-refractivity contribution in [2.45, 2.75) is 46.1 Å². The summed E-state index contributed by atoms with van der Waals surface area (Å²) in [6, 6.07) is 0.164. The summed E-state index contributed by atoms with van der Waals surface area (Å²) in [6.45, 7) is 11.2. The van der Waals surface area contributed by atoms with E-state index in [1.807, 2.05) is 4.57 Å². The molecule has 0 aliphatic carbocycles. The largest absolute Gasteiger partial charge is 0.383 e. The van der Waals surface area contributed by atoms with E-state index in [9.17, 15) is 0 Å². The van der Waals surface area contributed by atoms with Crippen molar-refractivity contribution in [3.63, 3.8) is 0 Å². The van der Waals surface area contributed by atoms with Gasteiger partial charge in [0.15, 0.2) is 0 Å². The van der Waals surface area contributed by atoms with Crippen LogP contribution in [0.25, 0.3) is 0 Å². The quantitative estimate of drug-likeness (QED) is 0.834. The molecule has 5 heteroatoms. The maximum absolute atomic E-state index is 6.16. The molecule has 4 nitrogen and oxygen atoms in total. The van der Waals surface area contributed by atoms with Gasteiger partial charge in [-0.15, -0.1) is 10.2 Å². The molecule has 0 N–H and O–H groups in total. The summed E-state index contributed by atoms with van der Waals surface area (Å²) in [6.07, 6.45) is 0. The highest BCUT2D eigenvalue weighted by atomic mass is 35.5. The standard InChI is InChI=1S/C12H22ClN3O/c1-8(2)9(7-17-6)16-10(12(3,4)5)14-15-11(16)13/h8-9H,7H2,1-6H3. The Kier molecular flexibility index (Phi) is 4.55. The van der Waals surface area contributed by atoms with E-state index in [1.54, 1.807) is 7.11 Å². The number of ether oxygens (including phenoxy) is 1. The summed E-state index contributed by atoms with van der Waals surface area (Å²) in [5.74, 6) is 1.31. The number of methoxy groups -OCH3 is 1. The van der Waals surface area contributed by atoms with Gasteiger partial charge in [-0.05, 0) is 17.5 Å². The fourth-order valence-electron chi connectivity index (χ4n) is 1.81. The van der Waals surface area contributed by atoms with Crippen molar-refractivity contribution in [2.24, 2.45) is 5.92 Å². The number of hydrogen-bond donors (Lipinski definition) is 0. The molecule has 0 bridgehead atoms. The molecule has 0 saturated carbocycles. The summed E-state index contributed by atoms with van der Waals surface area (Å²) in [7, 11) is 1.70. The molecule has 98 valence electrons. The van der Waals surface area contributed by atoms with Gasteiger partial charge in [0.2, 0.25) is 5.28 Å². The van der Waals surface area contributed by atoms with Gasteiger partial charge < -0.3 is 4.74 Å². The van der Waals surface area contributed by atoms with Crippen LogP contribution >= 0.6 is 11.6 Å². The summed E-state index contributed by atoms with van der Waals surface area (Å²) in [4.78, 5) is 0. The van der Waals surface area contributed by atoms with Gasteiger partial charge in [0.05, 0.1) is 12.6 Å². The number of hydrogen-bond acceptors (Lipinski definition) is 3. The van der Waals surface area contributed by atoms with Gasteiger partial charge in [0.1, 0.15) is 5.82 Å². The molecule has 0 spiro atoms. The second-order valence-corrected chi connectivity index (χ2v) is 6.02. The molecule has 0 saturated heterocycles. The van der Waals surface area contributed by atoms with E-state index >= 15 is 0 Å². The molecule has 17 heavy (non-hydrogen) atoms. The maximum Gasteiger partial charge on any atom is 0.225 e. The molecule has 1 aromatic heterocycles. The third-order valence-electron chi connectivity index (χ3n) is 2.76. The van der Waals surface area contributed by atoms with Crippen molar-refractivity contribution >= 4 is 11.6 Å². The molecule has 0 aliphatic rings. The lowest BCUT2D eigenvalue weighted by Crippen LogP contribution is -2.27. The van der Waals surface area contributed by atoms with Gasteiger partial charge >= 0.3 is 0 Å². The molecular weight excluding hydrogens is 238 g/mol. The van der Waals surface area contributed by atoms with Crippen LogP contribution in [0.1, 0.15) is 46.5 Å². The molecule has 0 radical (unpaired) electrons. The molecule has 1 unspecified atom stereocenters. The summed E-state index contributed by atoms with van der Waals surface area (Å²) < 4.78 is 7.27. The minimum absolute atomic E-state index is 0.0823. The van der Waals surface area contributed by atoms with E-state index in [4.69, 9.17) is 16.3 Å². The third-order valence-corrected chi connectivity index (χ3v) is 3.02. The lowest BCUT2D eigenvalue weighted by molar-refractivity contribution is 0.130. The Labute approximate surface area is 108 Å². The zero-order chi connectivity index (χ0) is 13.2. The van der Waals surface area contributed by atoms with Crippen LogP contribution in [0, 0.1) is 5.92 Å². The highest BCUT2D eigenvalue weighted by Crippen LogP contribution is 2.29. The molecule has 1 atom stereocenters. The van der Waals surface area contributed by atoms with Gasteiger partial charge in [-0.2, -0.15) is 0 Å². The molecule has 1 aromatic rings. The smallest absolute Gasteiger partial charge is 0.225 e. The molecule has 1 rings (SSSR count). The number of halogens is 1. The van der Waals surface area contributed by atoms with Crippen LogP contribution in [0.3, 0.4) is 0 Å². The predicted octanol–water partition coefficient (Wildman–Crippen LogP) is 3.07. The summed E-state index contributed by atoms with van der Waals surface area (Å²) in [5.41, 5.74) is -0.0823. The first-order valence-corrected chi connectivity index (χ1v) is 6.26. The number of nitrogens with zero attached hydrogens (tertiary/aromatic N) is 3. The predicted molar refractivity (Wildman–Crippen MR) is 69.5 cm³/mol. The van der Waals surface area contributed by atoms with Crippen molar-refractivity contribution in [3.05, 3.63) is 11.1 Å². The Bertz CT molecular complexity index is 368. The highest BCUT2D eigenvalue weighted by molar-refractivity contribution is 6.28. The Hall–Kier alpha value is -0.610. The first kappa shape index (κ1) is 14.5. The van der Waals surface area contributed by atoms with E-state index < -0.39 is 0 Å². The molecule has 0 fully saturated rings. The first-order valence-electron chi connectivity index (χ1n) is 5.88. The van der Waals surface area contributed by atoms with Gasteiger partial charge in [0.25, 0.3) is 0 Å². The van der Waals surface area contributed by atoms with Gasteiger partial charge in [-0.25, -0.2) is 0 Å². The maximum atomic E-state index is 6.16. The minimum Gasteiger partial charge on any atom is -0.383 e. The van der Waals surface area contributed by atoms with Crippen LogP contribution in [0.4, 0.5) is 0 Å². The van der Waals surface area contributed by atoms with Crippen molar-refractivity contribution in [1.82, 2.24) is 14.8 Å². The average Bonchev–Trinajstić information content (AvgIpc) is 2.55. The zero-order valence-corrected chi connectivity index (χ0v) is 12.2. The summed E-state index contributed by atoms with van der Waals surface area (Å²) >= 11 is 6.16. The van der Waals surface area contributed by atoms with Crippen molar-refractivity contribution in [2.75, 3.05) is 13.7 Å². The Balaban J connectivity index is 3.22. The van der Waals surface area contributed by atoms with Gasteiger partial charge in [-0.1, -0.05) is 34.6 Å². The van der Waals surface area contributed by atoms with Crippen LogP contribution in [-0.2, 0) is 10.2 Å². The number of rotatable bonds is 4. The summed E-state index contributed by atoms with van der Waals surface area (Å²) in [5, 5.41) is 8.63. The minimum atomic E-state index is -0.0823. The highest BCUT2D eigenvalue weighted by Gasteiger charge is 2.28. The van der Waals surface area contributed by atoms with Gasteiger partial charge in [-0.3, -0.25) is 4.57 Å². The van der Waals surface area contributed by atoms with E-state index in [-0.39, 0.29) is 11.5 Å². The van der Waals surface area contributed by atoms with Crippen molar-refractivity contribution in [1.29, 1.82) is 0 Å². The van der Waals surface area contributed by atoms with E-state index in [0.29, 0.717) is 17.8 Å². The molecule has 0 aromatic carbocycles. The SMILES string of the molecule is COCC(C(C)C)n1c(Cl)nnc1C(C)(C)C. The Morgan fingerprint density at radius 1 is 1.29 bits per heavy atom. The second kappa shape index (κ2) is 5.36. The topological polar surface area (TPSA) is 39.9 Å². The fourth-order valence-corrected chi connectivity index (χ4v) is 2.06. The fraction of sp³-hybridized carbons (Fsp3) is 0.833. The van der Waals surface area contributed by atoms with Crippen LogP contribution < -0.4 is 0 Å². The van der Waals surface area contributed by atoms with Crippen LogP contribution in [-0.4, -0.2) is 28.5 Å². The first-order chi connectivity index (χ1) is 7.79. The molecule has 1 heterocycles. The monoisotopic (exact) mass is 259 g/mol. The van der Waals surface area contributed by atoms with Crippen LogP contribution in [0.15, 0.2) is 0 Å². The van der Waals surface area contributed by atoms with Crippen LogP contribution in [0.2, 0.25) is 5.28 Å². The van der Waals surface area contributed by atoms with E-state index in [0.717, 1.165) is 5.82 Å². The normalized spacial score (nSPS) is 14.4. The lowest BCUT2D eigenvalue weighted by Gasteiger charge is -2.27. The third kappa shape index (κ3) is 3.19. The van der Waals surface area contributed by atoms with Crippen molar-refractivity contribution < 1.29 is 4.74 Å². The zero-order valence-electron chi connectivity index (χ0n) is 11.5. The number of aromatic nitrogens is 3. The lowest BCUT2D eigenvalue weighted by atomic mass is 9.94. The average molecular weight is 260 g/mol. The van der Waals surface area contributed by atoms with E-state index in [2.05, 4.69) is 44.8 Å². The second-order valence-electron chi connectivity index (χ2n) is 5.68. The molecule has 0 amide bonds. The van der Waals surface area contributed by atoms with Crippen molar-refractivity contribution in [3.8, 4) is 0 Å². The van der Waals surface area contributed by atoms with E-state index in [1.165, 1.54) is 0 Å². The molecular formula is C12H22ClN3O. The Morgan fingerprint density at radius 2 is 1.88 bits per heavy atom.